The minimum atomic E-state index is -0.109. The highest BCUT2D eigenvalue weighted by Gasteiger charge is 2.16. The molecule has 128 valence electrons. The third kappa shape index (κ3) is 6.59. The van der Waals surface area contributed by atoms with Gasteiger partial charge in [-0.2, -0.15) is 0 Å². The highest BCUT2D eigenvalue weighted by atomic mass is 35.5. The SMILES string of the molecule is CCN(CC)C(=O)CN(C)CC(=O)N[C@@H](C)c1ccc(Cl)cc1. The number of carbonyl (C=O) groups excluding carboxylic acids is 2. The molecular weight excluding hydrogens is 314 g/mol. The second-order valence-electron chi connectivity index (χ2n) is 5.58. The molecule has 0 heterocycles. The Morgan fingerprint density at radius 1 is 1.13 bits per heavy atom. The van der Waals surface area contributed by atoms with Crippen molar-refractivity contribution in [2.45, 2.75) is 26.8 Å². The van der Waals surface area contributed by atoms with Crippen molar-refractivity contribution >= 4 is 23.4 Å². The zero-order chi connectivity index (χ0) is 17.4. The van der Waals surface area contributed by atoms with Crippen molar-refractivity contribution in [1.29, 1.82) is 0 Å². The lowest BCUT2D eigenvalue weighted by Crippen LogP contribution is -2.43. The van der Waals surface area contributed by atoms with E-state index in [-0.39, 0.29) is 30.9 Å². The monoisotopic (exact) mass is 339 g/mol. The fourth-order valence-electron chi connectivity index (χ4n) is 2.33. The van der Waals surface area contributed by atoms with Crippen molar-refractivity contribution in [1.82, 2.24) is 15.1 Å². The maximum Gasteiger partial charge on any atom is 0.236 e. The van der Waals surface area contributed by atoms with E-state index in [1.54, 1.807) is 29.0 Å². The maximum absolute atomic E-state index is 12.1. The quantitative estimate of drug-likeness (QED) is 0.790. The molecule has 6 heteroatoms. The Balaban J connectivity index is 2.46. The van der Waals surface area contributed by atoms with Gasteiger partial charge in [0.05, 0.1) is 19.1 Å². The van der Waals surface area contributed by atoms with Crippen molar-refractivity contribution < 1.29 is 9.59 Å². The molecule has 0 saturated heterocycles. The number of nitrogens with one attached hydrogen (secondary N) is 1. The van der Waals surface area contributed by atoms with Crippen LogP contribution in [0.15, 0.2) is 24.3 Å². The minimum absolute atomic E-state index is 0.0380. The molecule has 1 N–H and O–H groups in total. The first kappa shape index (κ1) is 19.5. The number of hydrogen-bond acceptors (Lipinski definition) is 3. The van der Waals surface area contributed by atoms with Gasteiger partial charge in [-0.25, -0.2) is 0 Å². The van der Waals surface area contributed by atoms with Crippen LogP contribution in [-0.4, -0.2) is 54.8 Å². The lowest BCUT2D eigenvalue weighted by Gasteiger charge is -2.23. The molecule has 0 aliphatic heterocycles. The molecule has 2 amide bonds. The molecule has 23 heavy (non-hydrogen) atoms. The fraction of sp³-hybridized carbons (Fsp3) is 0.529. The van der Waals surface area contributed by atoms with E-state index in [2.05, 4.69) is 5.32 Å². The molecule has 0 fully saturated rings. The lowest BCUT2D eigenvalue weighted by molar-refractivity contribution is -0.132. The third-order valence-corrected chi connectivity index (χ3v) is 3.93. The Hall–Kier alpha value is -1.59. The number of rotatable bonds is 8. The summed E-state index contributed by atoms with van der Waals surface area (Å²) in [5, 5.41) is 3.60. The second-order valence-corrected chi connectivity index (χ2v) is 6.02. The Bertz CT molecular complexity index is 515. The van der Waals surface area contributed by atoms with Crippen LogP contribution < -0.4 is 5.32 Å². The van der Waals surface area contributed by atoms with Crippen LogP contribution in [0, 0.1) is 0 Å². The van der Waals surface area contributed by atoms with Gasteiger partial charge in [0.15, 0.2) is 0 Å². The predicted molar refractivity (Wildman–Crippen MR) is 93.4 cm³/mol. The van der Waals surface area contributed by atoms with Crippen LogP contribution in [0.25, 0.3) is 0 Å². The van der Waals surface area contributed by atoms with Crippen LogP contribution in [-0.2, 0) is 9.59 Å². The number of likely N-dealkylation sites (N-methyl/N-ethyl adjacent to an activating group) is 2. The van der Waals surface area contributed by atoms with Gasteiger partial charge in [0, 0.05) is 18.1 Å². The summed E-state index contributed by atoms with van der Waals surface area (Å²) in [5.41, 5.74) is 0.990. The van der Waals surface area contributed by atoms with Crippen LogP contribution in [0.4, 0.5) is 0 Å². The summed E-state index contributed by atoms with van der Waals surface area (Å²) in [5.74, 6) is -0.0710. The molecule has 0 spiro atoms. The van der Waals surface area contributed by atoms with Crippen LogP contribution >= 0.6 is 11.6 Å². The molecule has 1 atom stereocenters. The molecule has 5 nitrogen and oxygen atoms in total. The molecule has 0 unspecified atom stereocenters. The molecule has 0 saturated carbocycles. The van der Waals surface area contributed by atoms with E-state index in [0.717, 1.165) is 5.56 Å². The van der Waals surface area contributed by atoms with Crippen molar-refractivity contribution in [2.75, 3.05) is 33.2 Å². The standard InChI is InChI=1S/C17H26ClN3O2/c1-5-21(6-2)17(23)12-20(4)11-16(22)19-13(3)14-7-9-15(18)10-8-14/h7-10,13H,5-6,11-12H2,1-4H3,(H,19,22)/t13-/m0/s1. The van der Waals surface area contributed by atoms with Crippen LogP contribution in [0.3, 0.4) is 0 Å². The summed E-state index contributed by atoms with van der Waals surface area (Å²) in [4.78, 5) is 27.6. The van der Waals surface area contributed by atoms with Crippen molar-refractivity contribution in [3.05, 3.63) is 34.9 Å². The van der Waals surface area contributed by atoms with E-state index >= 15 is 0 Å². The van der Waals surface area contributed by atoms with Crippen molar-refractivity contribution in [2.24, 2.45) is 0 Å². The summed E-state index contributed by atoms with van der Waals surface area (Å²) in [6, 6.07) is 7.27. The van der Waals surface area contributed by atoms with E-state index in [1.807, 2.05) is 32.9 Å². The fourth-order valence-corrected chi connectivity index (χ4v) is 2.46. The molecule has 0 bridgehead atoms. The molecule has 1 aromatic rings. The Morgan fingerprint density at radius 3 is 2.22 bits per heavy atom. The number of nitrogens with zero attached hydrogens (tertiary/aromatic N) is 2. The summed E-state index contributed by atoms with van der Waals surface area (Å²) >= 11 is 5.86. The van der Waals surface area contributed by atoms with E-state index < -0.39 is 0 Å². The zero-order valence-electron chi connectivity index (χ0n) is 14.3. The highest BCUT2D eigenvalue weighted by Crippen LogP contribution is 2.15. The van der Waals surface area contributed by atoms with E-state index in [9.17, 15) is 9.59 Å². The molecule has 1 aromatic carbocycles. The van der Waals surface area contributed by atoms with Gasteiger partial charge in [-0.1, -0.05) is 23.7 Å². The van der Waals surface area contributed by atoms with Crippen LogP contribution in [0.1, 0.15) is 32.4 Å². The second kappa shape index (κ2) is 9.53. The van der Waals surface area contributed by atoms with Gasteiger partial charge in [-0.3, -0.25) is 14.5 Å². The minimum Gasteiger partial charge on any atom is -0.348 e. The summed E-state index contributed by atoms with van der Waals surface area (Å²) < 4.78 is 0. The number of halogens is 1. The van der Waals surface area contributed by atoms with Gasteiger partial charge in [0.2, 0.25) is 11.8 Å². The maximum atomic E-state index is 12.1. The van der Waals surface area contributed by atoms with Crippen LogP contribution in [0.5, 0.6) is 0 Å². The zero-order valence-corrected chi connectivity index (χ0v) is 15.1. The van der Waals surface area contributed by atoms with Crippen molar-refractivity contribution in [3.63, 3.8) is 0 Å². The Morgan fingerprint density at radius 2 is 1.70 bits per heavy atom. The highest BCUT2D eigenvalue weighted by molar-refractivity contribution is 6.30. The first-order valence-corrected chi connectivity index (χ1v) is 8.26. The van der Waals surface area contributed by atoms with Gasteiger partial charge < -0.3 is 10.2 Å². The third-order valence-electron chi connectivity index (χ3n) is 3.68. The summed E-state index contributed by atoms with van der Waals surface area (Å²) in [6.45, 7) is 7.60. The largest absolute Gasteiger partial charge is 0.348 e. The van der Waals surface area contributed by atoms with Gasteiger partial charge >= 0.3 is 0 Å². The number of benzene rings is 1. The topological polar surface area (TPSA) is 52.7 Å². The first-order chi connectivity index (χ1) is 10.9. The summed E-state index contributed by atoms with van der Waals surface area (Å²) in [7, 11) is 1.77. The molecule has 0 aromatic heterocycles. The Labute approximate surface area is 143 Å². The number of carbonyl (C=O) groups is 2. The van der Waals surface area contributed by atoms with E-state index in [4.69, 9.17) is 11.6 Å². The van der Waals surface area contributed by atoms with E-state index in [1.165, 1.54) is 0 Å². The van der Waals surface area contributed by atoms with Gasteiger partial charge in [-0.05, 0) is 45.5 Å². The van der Waals surface area contributed by atoms with E-state index in [0.29, 0.717) is 18.1 Å². The molecule has 0 aliphatic carbocycles. The van der Waals surface area contributed by atoms with Crippen molar-refractivity contribution in [3.8, 4) is 0 Å². The smallest absolute Gasteiger partial charge is 0.236 e. The Kier molecular flexibility index (Phi) is 8.06. The van der Waals surface area contributed by atoms with Gasteiger partial charge in [0.1, 0.15) is 0 Å². The predicted octanol–water partition coefficient (Wildman–Crippen LogP) is 2.32. The molecule has 1 rings (SSSR count). The van der Waals surface area contributed by atoms with Crippen LogP contribution in [0.2, 0.25) is 5.02 Å². The first-order valence-electron chi connectivity index (χ1n) is 7.88. The average molecular weight is 340 g/mol. The molecular formula is C17H26ClN3O2. The number of amides is 2. The lowest BCUT2D eigenvalue weighted by atomic mass is 10.1. The van der Waals surface area contributed by atoms with Gasteiger partial charge in [0.25, 0.3) is 0 Å². The normalized spacial score (nSPS) is 12.1. The summed E-state index contributed by atoms with van der Waals surface area (Å²) in [6.07, 6.45) is 0. The number of hydrogen-bond donors (Lipinski definition) is 1. The average Bonchev–Trinajstić information content (AvgIpc) is 2.48. The van der Waals surface area contributed by atoms with Gasteiger partial charge in [-0.15, -0.1) is 0 Å². The molecule has 0 aliphatic rings. The molecule has 0 radical (unpaired) electrons.